The van der Waals surface area contributed by atoms with Gasteiger partial charge < -0.3 is 14.7 Å². The highest BCUT2D eigenvalue weighted by Crippen LogP contribution is 2.29. The summed E-state index contributed by atoms with van der Waals surface area (Å²) in [5, 5.41) is 9.65. The van der Waals surface area contributed by atoms with E-state index >= 15 is 0 Å². The average Bonchev–Trinajstić information content (AvgIpc) is 2.99. The summed E-state index contributed by atoms with van der Waals surface area (Å²) in [7, 11) is 1.68. The third-order valence-electron chi connectivity index (χ3n) is 5.94. The number of phenols is 1. The molecule has 5 heteroatoms. The van der Waals surface area contributed by atoms with Gasteiger partial charge in [-0.05, 0) is 54.2 Å². The van der Waals surface area contributed by atoms with Gasteiger partial charge in [-0.3, -0.25) is 9.69 Å². The number of amides is 1. The molecule has 0 unspecified atom stereocenters. The number of piperidine rings is 1. The number of nitrogens with zero attached hydrogens (tertiary/aromatic N) is 2. The average molecular weight is 380 g/mol. The van der Waals surface area contributed by atoms with E-state index in [0.717, 1.165) is 43.9 Å². The van der Waals surface area contributed by atoms with E-state index in [2.05, 4.69) is 21.9 Å². The van der Waals surface area contributed by atoms with Crippen molar-refractivity contribution in [3.05, 3.63) is 59.7 Å². The minimum absolute atomic E-state index is 0.173. The number of fused-ring (bicyclic) bond motifs is 4. The fourth-order valence-corrected chi connectivity index (χ4v) is 4.55. The van der Waals surface area contributed by atoms with Crippen LogP contribution < -0.4 is 4.74 Å². The number of benzene rings is 2. The summed E-state index contributed by atoms with van der Waals surface area (Å²) in [6.07, 6.45) is 2.63. The zero-order valence-electron chi connectivity index (χ0n) is 16.4. The molecule has 3 fully saturated rings. The summed E-state index contributed by atoms with van der Waals surface area (Å²) in [5.41, 5.74) is 2.15. The van der Waals surface area contributed by atoms with Crippen LogP contribution in [0.25, 0.3) is 0 Å². The van der Waals surface area contributed by atoms with E-state index in [0.29, 0.717) is 12.3 Å². The molecule has 3 heterocycles. The summed E-state index contributed by atoms with van der Waals surface area (Å²) in [6.45, 7) is 3.72. The van der Waals surface area contributed by atoms with Crippen molar-refractivity contribution in [1.29, 1.82) is 0 Å². The number of carbonyl (C=O) groups is 1. The second kappa shape index (κ2) is 8.23. The number of phenolic OH excluding ortho intramolecular Hbond substituents is 1. The van der Waals surface area contributed by atoms with E-state index in [4.69, 9.17) is 4.74 Å². The standard InChI is InChI=1S/C23H28N2O3/c1-28-22-9-6-17(7-10-22)13-24-14-19-5-8-20(16-24)25(15-19)23(27)12-18-3-2-4-21(26)11-18/h2-4,6-7,9-11,19-20,26H,5,8,12-16H2,1H3/t19-,20+/m0/s1. The van der Waals surface area contributed by atoms with Crippen LogP contribution in [0.1, 0.15) is 24.0 Å². The van der Waals surface area contributed by atoms with Crippen LogP contribution in [0, 0.1) is 5.92 Å². The van der Waals surface area contributed by atoms with Gasteiger partial charge in [-0.2, -0.15) is 0 Å². The van der Waals surface area contributed by atoms with Crippen LogP contribution in [0.3, 0.4) is 0 Å². The maximum atomic E-state index is 13.0. The first-order valence-corrected chi connectivity index (χ1v) is 10.0. The van der Waals surface area contributed by atoms with Crippen LogP contribution in [-0.4, -0.2) is 53.6 Å². The molecule has 3 aliphatic heterocycles. The van der Waals surface area contributed by atoms with Crippen molar-refractivity contribution in [2.45, 2.75) is 31.8 Å². The zero-order chi connectivity index (χ0) is 19.5. The minimum Gasteiger partial charge on any atom is -0.508 e. The van der Waals surface area contributed by atoms with Crippen molar-refractivity contribution >= 4 is 5.91 Å². The number of carbonyl (C=O) groups excluding carboxylic acids is 1. The molecule has 3 saturated heterocycles. The predicted octanol–water partition coefficient (Wildman–Crippen LogP) is 3.07. The Kier molecular flexibility index (Phi) is 5.53. The number of hydrogen-bond acceptors (Lipinski definition) is 4. The molecule has 2 aromatic carbocycles. The minimum atomic E-state index is 0.173. The van der Waals surface area contributed by atoms with Gasteiger partial charge >= 0.3 is 0 Å². The smallest absolute Gasteiger partial charge is 0.227 e. The van der Waals surface area contributed by atoms with Crippen LogP contribution >= 0.6 is 0 Å². The van der Waals surface area contributed by atoms with Gasteiger partial charge in [0.05, 0.1) is 13.5 Å². The molecular weight excluding hydrogens is 352 g/mol. The number of rotatable bonds is 5. The summed E-state index contributed by atoms with van der Waals surface area (Å²) < 4.78 is 5.25. The number of aromatic hydroxyl groups is 1. The highest BCUT2D eigenvalue weighted by molar-refractivity contribution is 5.79. The van der Waals surface area contributed by atoms with E-state index in [1.54, 1.807) is 25.3 Å². The molecule has 1 N–H and O–H groups in total. The van der Waals surface area contributed by atoms with Crippen LogP contribution in [0.2, 0.25) is 0 Å². The molecule has 0 spiro atoms. The van der Waals surface area contributed by atoms with Gasteiger partial charge in [0.25, 0.3) is 0 Å². The summed E-state index contributed by atoms with van der Waals surface area (Å²) >= 11 is 0. The van der Waals surface area contributed by atoms with Crippen LogP contribution in [-0.2, 0) is 17.8 Å². The predicted molar refractivity (Wildman–Crippen MR) is 108 cm³/mol. The lowest BCUT2D eigenvalue weighted by Gasteiger charge is -2.36. The lowest BCUT2D eigenvalue weighted by molar-refractivity contribution is -0.134. The number of ether oxygens (including phenoxy) is 1. The fourth-order valence-electron chi connectivity index (χ4n) is 4.55. The Morgan fingerprint density at radius 2 is 1.89 bits per heavy atom. The quantitative estimate of drug-likeness (QED) is 0.866. The van der Waals surface area contributed by atoms with E-state index in [9.17, 15) is 9.90 Å². The molecule has 2 bridgehead atoms. The Morgan fingerprint density at radius 1 is 1.07 bits per heavy atom. The van der Waals surface area contributed by atoms with Gasteiger partial charge in [0.15, 0.2) is 0 Å². The first-order valence-electron chi connectivity index (χ1n) is 10.0. The van der Waals surface area contributed by atoms with E-state index in [-0.39, 0.29) is 17.7 Å². The fraction of sp³-hybridized carbons (Fsp3) is 0.435. The van der Waals surface area contributed by atoms with Crippen LogP contribution in [0.15, 0.2) is 48.5 Å². The largest absolute Gasteiger partial charge is 0.508 e. The van der Waals surface area contributed by atoms with Gasteiger partial charge in [0.1, 0.15) is 11.5 Å². The Morgan fingerprint density at radius 3 is 2.64 bits per heavy atom. The number of hydrogen-bond donors (Lipinski definition) is 1. The zero-order valence-corrected chi connectivity index (χ0v) is 16.4. The molecule has 1 amide bonds. The Balaban J connectivity index is 1.41. The molecule has 28 heavy (non-hydrogen) atoms. The van der Waals surface area contributed by atoms with Crippen LogP contribution in [0.4, 0.5) is 0 Å². The first kappa shape index (κ1) is 18.8. The summed E-state index contributed by atoms with van der Waals surface area (Å²) in [4.78, 5) is 17.6. The van der Waals surface area contributed by atoms with Crippen LogP contribution in [0.5, 0.6) is 11.5 Å². The van der Waals surface area contributed by atoms with Crippen molar-refractivity contribution in [3.8, 4) is 11.5 Å². The Hall–Kier alpha value is -2.53. The normalized spacial score (nSPS) is 22.1. The van der Waals surface area contributed by atoms with Gasteiger partial charge in [0.2, 0.25) is 5.91 Å². The molecule has 2 aromatic rings. The van der Waals surface area contributed by atoms with Gasteiger partial charge in [-0.25, -0.2) is 0 Å². The SMILES string of the molecule is COc1ccc(CN2C[C@@H]3CC[C@H](C2)N(C(=O)Cc2cccc(O)c2)C3)cc1. The second-order valence-electron chi connectivity index (χ2n) is 8.03. The lowest BCUT2D eigenvalue weighted by atomic mass is 9.94. The molecule has 3 aliphatic rings. The van der Waals surface area contributed by atoms with E-state index < -0.39 is 0 Å². The van der Waals surface area contributed by atoms with Gasteiger partial charge in [-0.15, -0.1) is 0 Å². The summed E-state index contributed by atoms with van der Waals surface area (Å²) in [6, 6.07) is 15.6. The molecule has 0 aromatic heterocycles. The lowest BCUT2D eigenvalue weighted by Crippen LogP contribution is -2.47. The van der Waals surface area contributed by atoms with Crippen molar-refractivity contribution in [2.24, 2.45) is 5.92 Å². The molecule has 5 nitrogen and oxygen atoms in total. The molecule has 2 atom stereocenters. The second-order valence-corrected chi connectivity index (χ2v) is 8.03. The molecule has 0 aliphatic carbocycles. The number of methoxy groups -OCH3 is 1. The van der Waals surface area contributed by atoms with Crippen molar-refractivity contribution in [1.82, 2.24) is 9.80 Å². The van der Waals surface area contributed by atoms with Crippen molar-refractivity contribution in [2.75, 3.05) is 26.7 Å². The summed E-state index contributed by atoms with van der Waals surface area (Å²) in [5.74, 6) is 1.80. The highest BCUT2D eigenvalue weighted by Gasteiger charge is 2.36. The van der Waals surface area contributed by atoms with Crippen molar-refractivity contribution < 1.29 is 14.6 Å². The Bertz CT molecular complexity index is 821. The third kappa shape index (κ3) is 4.30. The van der Waals surface area contributed by atoms with E-state index in [1.165, 1.54) is 12.0 Å². The molecule has 5 rings (SSSR count). The third-order valence-corrected chi connectivity index (χ3v) is 5.94. The van der Waals surface area contributed by atoms with Crippen molar-refractivity contribution in [3.63, 3.8) is 0 Å². The molecule has 148 valence electrons. The van der Waals surface area contributed by atoms with E-state index in [1.807, 2.05) is 18.2 Å². The maximum Gasteiger partial charge on any atom is 0.227 e. The molecular formula is C23H28N2O3. The highest BCUT2D eigenvalue weighted by atomic mass is 16.5. The first-order chi connectivity index (χ1) is 13.6. The molecule has 0 saturated carbocycles. The van der Waals surface area contributed by atoms with Gasteiger partial charge in [0, 0.05) is 32.2 Å². The molecule has 0 radical (unpaired) electrons. The van der Waals surface area contributed by atoms with Gasteiger partial charge in [-0.1, -0.05) is 24.3 Å². The Labute approximate surface area is 166 Å². The monoisotopic (exact) mass is 380 g/mol. The topological polar surface area (TPSA) is 53.0 Å². The maximum absolute atomic E-state index is 13.0.